The molecular formula is C24H31NaO3S. The Balaban J connectivity index is 0.00000420. The molecule has 0 aliphatic carbocycles. The molecule has 0 saturated carbocycles. The van der Waals surface area contributed by atoms with Gasteiger partial charge in [0.1, 0.15) is 5.75 Å². The van der Waals surface area contributed by atoms with Gasteiger partial charge in [0, 0.05) is 17.4 Å². The molecule has 2 aromatic carbocycles. The van der Waals surface area contributed by atoms with Gasteiger partial charge in [-0.25, -0.2) is 0 Å². The van der Waals surface area contributed by atoms with Crippen LogP contribution in [0.2, 0.25) is 0 Å². The number of hydrogen-bond donors (Lipinski definition) is 0. The second kappa shape index (κ2) is 14.0. The normalized spacial score (nSPS) is 10.3. The molecule has 0 N–H and O–H groups in total. The summed E-state index contributed by atoms with van der Waals surface area (Å²) in [6.45, 7) is 4.99. The molecule has 0 fully saturated rings. The van der Waals surface area contributed by atoms with Crippen molar-refractivity contribution in [2.75, 3.05) is 5.75 Å². The molecule has 0 aliphatic heterocycles. The Labute approximate surface area is 202 Å². The Bertz CT molecular complexity index is 797. The maximum Gasteiger partial charge on any atom is 1.00 e. The van der Waals surface area contributed by atoms with Gasteiger partial charge in [-0.2, -0.15) is 0 Å². The average Bonchev–Trinajstić information content (AvgIpc) is 2.67. The van der Waals surface area contributed by atoms with Gasteiger partial charge in [-0.3, -0.25) is 9.59 Å². The largest absolute Gasteiger partial charge is 1.00 e. The van der Waals surface area contributed by atoms with Gasteiger partial charge in [-0.15, -0.1) is 11.8 Å². The second-order valence-corrected chi connectivity index (χ2v) is 8.10. The predicted octanol–water partition coefficient (Wildman–Crippen LogP) is 3.39. The summed E-state index contributed by atoms with van der Waals surface area (Å²) in [5.41, 5.74) is 2.87. The van der Waals surface area contributed by atoms with Crippen LogP contribution in [-0.2, 0) is 17.6 Å². The smallest absolute Gasteiger partial charge is 1.00 e. The van der Waals surface area contributed by atoms with E-state index in [9.17, 15) is 9.59 Å². The summed E-state index contributed by atoms with van der Waals surface area (Å²) in [4.78, 5) is 24.6. The van der Waals surface area contributed by atoms with Crippen LogP contribution in [-0.4, -0.2) is 17.5 Å². The van der Waals surface area contributed by atoms with Gasteiger partial charge in [0.2, 0.25) is 0 Å². The predicted molar refractivity (Wildman–Crippen MR) is 118 cm³/mol. The number of Topliss-reactive ketones (excluding diaryl/α,β-unsaturated/α-hetero) is 1. The van der Waals surface area contributed by atoms with Crippen molar-refractivity contribution in [3.05, 3.63) is 59.2 Å². The van der Waals surface area contributed by atoms with Crippen molar-refractivity contribution in [1.29, 1.82) is 0 Å². The van der Waals surface area contributed by atoms with Crippen molar-refractivity contribution in [1.82, 2.24) is 0 Å². The van der Waals surface area contributed by atoms with Gasteiger partial charge in [0.25, 0.3) is 0 Å². The number of carbonyl (C=O) groups is 2. The van der Waals surface area contributed by atoms with Crippen molar-refractivity contribution >= 4 is 23.5 Å². The van der Waals surface area contributed by atoms with Gasteiger partial charge >= 0.3 is 35.5 Å². The molecule has 0 aliphatic rings. The standard InChI is InChI=1S/C24H30O3S.Na.H/c1-4-11-22-23(16-15-21(18(2)25)24(22)27-19(3)26)28-17-10-6-9-14-20-12-7-5-8-13-20;;/h5,7-8,12-13,15-16H,4,6,9-11,14,17H2,1-3H3;;/q;+1;-1. The first-order valence-corrected chi connectivity index (χ1v) is 11.0. The Hall–Kier alpha value is -1.07. The van der Waals surface area contributed by atoms with Crippen LogP contribution in [0.1, 0.15) is 69.4 Å². The van der Waals surface area contributed by atoms with Crippen LogP contribution in [0.15, 0.2) is 47.4 Å². The number of thioether (sulfide) groups is 1. The fourth-order valence-corrected chi connectivity index (χ4v) is 4.31. The number of hydrogen-bond acceptors (Lipinski definition) is 4. The first kappa shape index (κ1) is 26.0. The van der Waals surface area contributed by atoms with E-state index in [-0.39, 0.29) is 42.7 Å². The summed E-state index contributed by atoms with van der Waals surface area (Å²) in [6.07, 6.45) is 6.36. The number of carbonyl (C=O) groups excluding carboxylic acids is 2. The maximum absolute atomic E-state index is 12.0. The van der Waals surface area contributed by atoms with Gasteiger partial charge in [0.15, 0.2) is 5.78 Å². The molecule has 0 amide bonds. The fourth-order valence-electron chi connectivity index (χ4n) is 3.20. The van der Waals surface area contributed by atoms with E-state index in [1.807, 2.05) is 6.07 Å². The average molecular weight is 423 g/mol. The molecule has 3 nitrogen and oxygen atoms in total. The quantitative estimate of drug-likeness (QED) is 0.139. The Morgan fingerprint density at radius 3 is 2.31 bits per heavy atom. The van der Waals surface area contributed by atoms with E-state index in [4.69, 9.17) is 4.74 Å². The summed E-state index contributed by atoms with van der Waals surface area (Å²) in [5.74, 6) is 1.01. The Morgan fingerprint density at radius 2 is 1.69 bits per heavy atom. The van der Waals surface area contributed by atoms with Crippen molar-refractivity contribution < 1.29 is 45.3 Å². The minimum absolute atomic E-state index is 0. The van der Waals surface area contributed by atoms with Crippen LogP contribution < -0.4 is 34.3 Å². The fraction of sp³-hybridized carbons (Fsp3) is 0.417. The monoisotopic (exact) mass is 422 g/mol. The summed E-state index contributed by atoms with van der Waals surface area (Å²) in [6, 6.07) is 14.4. The third-order valence-corrected chi connectivity index (χ3v) is 5.74. The molecule has 0 aromatic heterocycles. The number of unbranched alkanes of at least 4 members (excludes halogenated alkanes) is 2. The topological polar surface area (TPSA) is 43.4 Å². The third kappa shape index (κ3) is 8.67. The minimum atomic E-state index is -0.386. The number of ketones is 1. The molecular weight excluding hydrogens is 391 g/mol. The van der Waals surface area contributed by atoms with E-state index in [0.29, 0.717) is 11.3 Å². The first-order valence-electron chi connectivity index (χ1n) is 10.0. The van der Waals surface area contributed by atoms with Crippen LogP contribution in [0.25, 0.3) is 0 Å². The van der Waals surface area contributed by atoms with Crippen LogP contribution in [0.5, 0.6) is 5.75 Å². The molecule has 0 unspecified atom stereocenters. The molecule has 0 bridgehead atoms. The van der Waals surface area contributed by atoms with E-state index in [0.717, 1.165) is 41.9 Å². The van der Waals surface area contributed by atoms with E-state index in [1.165, 1.54) is 32.3 Å². The minimum Gasteiger partial charge on any atom is -1.00 e. The molecule has 0 radical (unpaired) electrons. The molecule has 0 spiro atoms. The summed E-state index contributed by atoms with van der Waals surface area (Å²) >= 11 is 1.79. The van der Waals surface area contributed by atoms with Crippen LogP contribution in [0, 0.1) is 0 Å². The molecule has 0 saturated heterocycles. The first-order chi connectivity index (χ1) is 13.5. The van der Waals surface area contributed by atoms with Gasteiger partial charge in [0.05, 0.1) is 5.56 Å². The number of aryl methyl sites for hydroxylation is 1. The van der Waals surface area contributed by atoms with Crippen molar-refractivity contribution in [3.63, 3.8) is 0 Å². The van der Waals surface area contributed by atoms with Crippen molar-refractivity contribution in [2.24, 2.45) is 0 Å². The third-order valence-electron chi connectivity index (χ3n) is 4.55. The zero-order chi connectivity index (χ0) is 20.4. The van der Waals surface area contributed by atoms with Crippen LogP contribution in [0.3, 0.4) is 0 Å². The number of benzene rings is 2. The Kier molecular flexibility index (Phi) is 12.6. The van der Waals surface area contributed by atoms with Gasteiger partial charge < -0.3 is 6.16 Å². The SMILES string of the molecule is CCCc1c(SCCCCCc2ccccc2)ccc(C(C)=O)c1OC(C)=O.[H-].[Na+]. The van der Waals surface area contributed by atoms with Crippen LogP contribution >= 0.6 is 11.8 Å². The Morgan fingerprint density at radius 1 is 0.966 bits per heavy atom. The number of esters is 1. The summed E-state index contributed by atoms with van der Waals surface area (Å²) in [7, 11) is 0. The molecule has 0 heterocycles. The molecule has 2 rings (SSSR count). The van der Waals surface area contributed by atoms with E-state index >= 15 is 0 Å². The number of rotatable bonds is 11. The molecule has 0 atom stereocenters. The van der Waals surface area contributed by atoms with Gasteiger partial charge in [-0.05, 0) is 56.1 Å². The number of ether oxygens (including phenoxy) is 1. The second-order valence-electron chi connectivity index (χ2n) is 6.96. The maximum atomic E-state index is 12.0. The van der Waals surface area contributed by atoms with Crippen molar-refractivity contribution in [3.8, 4) is 5.75 Å². The summed E-state index contributed by atoms with van der Waals surface area (Å²) in [5, 5.41) is 0. The van der Waals surface area contributed by atoms with Gasteiger partial charge in [-0.1, -0.05) is 50.1 Å². The zero-order valence-electron chi connectivity index (χ0n) is 19.1. The molecule has 2 aromatic rings. The van der Waals surface area contributed by atoms with E-state index in [1.54, 1.807) is 17.8 Å². The molecule has 29 heavy (non-hydrogen) atoms. The summed E-state index contributed by atoms with van der Waals surface area (Å²) < 4.78 is 5.45. The molecule has 5 heteroatoms. The van der Waals surface area contributed by atoms with E-state index in [2.05, 4.69) is 37.3 Å². The van der Waals surface area contributed by atoms with Crippen molar-refractivity contribution in [2.45, 2.75) is 64.2 Å². The van der Waals surface area contributed by atoms with E-state index < -0.39 is 0 Å². The van der Waals surface area contributed by atoms with Crippen LogP contribution in [0.4, 0.5) is 0 Å². The molecule has 152 valence electrons. The zero-order valence-corrected chi connectivity index (χ0v) is 20.9.